The summed E-state index contributed by atoms with van der Waals surface area (Å²) in [5, 5.41) is 9.14. The van der Waals surface area contributed by atoms with Gasteiger partial charge in [0.1, 0.15) is 6.61 Å². The van der Waals surface area contributed by atoms with Gasteiger partial charge in [0.25, 0.3) is 0 Å². The van der Waals surface area contributed by atoms with Crippen molar-refractivity contribution in [3.8, 4) is 0 Å². The number of nitrogens with one attached hydrogen (secondary N) is 2. The minimum Gasteiger partial charge on any atom is -0.444 e. The summed E-state index contributed by atoms with van der Waals surface area (Å²) in [6.07, 6.45) is 7.79. The maximum Gasteiger partial charge on any atom is 0.407 e. The van der Waals surface area contributed by atoms with Crippen LogP contribution in [0.5, 0.6) is 0 Å². The van der Waals surface area contributed by atoms with Crippen LogP contribution in [0.2, 0.25) is 0 Å². The summed E-state index contributed by atoms with van der Waals surface area (Å²) in [5.74, 6) is 0.223. The zero-order chi connectivity index (χ0) is 37.4. The van der Waals surface area contributed by atoms with Crippen LogP contribution in [-0.2, 0) is 41.9 Å². The Morgan fingerprint density at radius 2 is 1.49 bits per heavy atom. The minimum absolute atomic E-state index is 0.0442. The molecule has 3 atom stereocenters. The standard InChI is InChI=1S/C41H48N6O4S2/c1-29(2)39-44-35(27-52-39)25-47(3)40(49)46-37(22-32-16-18-42-19-17-32)38(48)23-33(20-30-10-6-4-7-11-30)14-15-34(21-31-12-8-5-9-13-31)45-41(50)51-26-36-24-43-28-53-36/h4-13,16-19,24,27-29,33-34,37H,14-15,20-23,25-26H2,1-3H3,(H,45,50)(H,46,49). The summed E-state index contributed by atoms with van der Waals surface area (Å²) in [6, 6.07) is 22.6. The summed E-state index contributed by atoms with van der Waals surface area (Å²) in [6.45, 7) is 4.68. The number of alkyl carbamates (subject to hydrolysis) is 1. The van der Waals surface area contributed by atoms with E-state index < -0.39 is 12.1 Å². The molecule has 0 fully saturated rings. The van der Waals surface area contributed by atoms with E-state index in [1.54, 1.807) is 47.4 Å². The van der Waals surface area contributed by atoms with E-state index in [-0.39, 0.29) is 36.8 Å². The Hall–Kier alpha value is -4.94. The molecule has 0 aliphatic rings. The van der Waals surface area contributed by atoms with Crippen molar-refractivity contribution in [1.29, 1.82) is 0 Å². The summed E-state index contributed by atoms with van der Waals surface area (Å²) in [4.78, 5) is 56.1. The number of ketones is 1. The van der Waals surface area contributed by atoms with Crippen LogP contribution in [0.4, 0.5) is 9.59 Å². The number of amides is 3. The van der Waals surface area contributed by atoms with Crippen LogP contribution in [0, 0.1) is 5.92 Å². The third-order valence-electron chi connectivity index (χ3n) is 8.94. The predicted molar refractivity (Wildman–Crippen MR) is 210 cm³/mol. The second kappa shape index (κ2) is 20.3. The number of pyridine rings is 1. The molecule has 0 saturated carbocycles. The van der Waals surface area contributed by atoms with Gasteiger partial charge < -0.3 is 20.3 Å². The van der Waals surface area contributed by atoms with Crippen LogP contribution >= 0.6 is 22.7 Å². The van der Waals surface area contributed by atoms with Gasteiger partial charge in [0, 0.05) is 49.4 Å². The first-order valence-electron chi connectivity index (χ1n) is 18.0. The molecular formula is C41H48N6O4S2. The number of hydrogen-bond acceptors (Lipinski definition) is 9. The van der Waals surface area contributed by atoms with E-state index in [9.17, 15) is 14.4 Å². The molecule has 0 aliphatic heterocycles. The lowest BCUT2D eigenvalue weighted by Gasteiger charge is -2.26. The number of ether oxygens (including phenoxy) is 1. The van der Waals surface area contributed by atoms with Gasteiger partial charge >= 0.3 is 12.1 Å². The number of nitrogens with zero attached hydrogens (tertiary/aromatic N) is 4. The normalized spacial score (nSPS) is 12.8. The highest BCUT2D eigenvalue weighted by Gasteiger charge is 2.27. The molecule has 2 aromatic carbocycles. The number of Topliss-reactive ketones (excluding diaryl/α,β-unsaturated/α-hetero) is 1. The fraction of sp³-hybridized carbons (Fsp3) is 0.366. The first-order chi connectivity index (χ1) is 25.7. The maximum absolute atomic E-state index is 14.3. The fourth-order valence-corrected chi connectivity index (χ4v) is 7.44. The van der Waals surface area contributed by atoms with Gasteiger partial charge in [0.05, 0.1) is 33.7 Å². The monoisotopic (exact) mass is 752 g/mol. The third-order valence-corrected chi connectivity index (χ3v) is 10.9. The fourth-order valence-electron chi connectivity index (χ4n) is 6.10. The molecule has 12 heteroatoms. The number of carbonyl (C=O) groups excluding carboxylic acids is 3. The van der Waals surface area contributed by atoms with E-state index in [1.807, 2.05) is 66.0 Å². The van der Waals surface area contributed by atoms with Crippen molar-refractivity contribution < 1.29 is 19.1 Å². The van der Waals surface area contributed by atoms with Gasteiger partial charge in [-0.1, -0.05) is 74.5 Å². The molecule has 53 heavy (non-hydrogen) atoms. The highest BCUT2D eigenvalue weighted by atomic mass is 32.1. The average Bonchev–Trinajstić information content (AvgIpc) is 3.87. The van der Waals surface area contributed by atoms with Crippen molar-refractivity contribution in [2.75, 3.05) is 7.05 Å². The summed E-state index contributed by atoms with van der Waals surface area (Å²) < 4.78 is 5.53. The molecule has 0 radical (unpaired) electrons. The molecule has 0 spiro atoms. The molecule has 3 amide bonds. The van der Waals surface area contributed by atoms with Crippen LogP contribution in [0.15, 0.2) is 102 Å². The molecule has 3 aromatic heterocycles. The van der Waals surface area contributed by atoms with Crippen LogP contribution < -0.4 is 10.6 Å². The molecule has 2 N–H and O–H groups in total. The van der Waals surface area contributed by atoms with Gasteiger partial charge in [0.15, 0.2) is 5.78 Å². The summed E-state index contributed by atoms with van der Waals surface area (Å²) >= 11 is 3.02. The van der Waals surface area contributed by atoms with Crippen LogP contribution in [0.3, 0.4) is 0 Å². The molecule has 0 bridgehead atoms. The second-order valence-corrected chi connectivity index (χ2v) is 15.5. The number of rotatable bonds is 19. The predicted octanol–water partition coefficient (Wildman–Crippen LogP) is 8.01. The number of benzene rings is 2. The zero-order valence-corrected chi connectivity index (χ0v) is 32.2. The molecule has 3 heterocycles. The van der Waals surface area contributed by atoms with Gasteiger partial charge in [-0.15, -0.1) is 22.7 Å². The van der Waals surface area contributed by atoms with Gasteiger partial charge in [-0.2, -0.15) is 0 Å². The smallest absolute Gasteiger partial charge is 0.407 e. The quantitative estimate of drug-likeness (QED) is 0.0876. The number of hydrogen-bond donors (Lipinski definition) is 2. The Morgan fingerprint density at radius 3 is 2.13 bits per heavy atom. The minimum atomic E-state index is -0.743. The first kappa shape index (κ1) is 39.3. The van der Waals surface area contributed by atoms with E-state index in [2.05, 4.69) is 51.6 Å². The highest BCUT2D eigenvalue weighted by Crippen LogP contribution is 2.23. The number of thiazole rings is 2. The van der Waals surface area contributed by atoms with E-state index >= 15 is 0 Å². The van der Waals surface area contributed by atoms with E-state index in [0.29, 0.717) is 44.6 Å². The average molecular weight is 753 g/mol. The Balaban J connectivity index is 1.30. The van der Waals surface area contributed by atoms with Crippen molar-refractivity contribution >= 4 is 40.6 Å². The van der Waals surface area contributed by atoms with E-state index in [0.717, 1.165) is 32.3 Å². The van der Waals surface area contributed by atoms with Gasteiger partial charge in [-0.25, -0.2) is 14.6 Å². The van der Waals surface area contributed by atoms with Crippen molar-refractivity contribution in [1.82, 2.24) is 30.5 Å². The largest absolute Gasteiger partial charge is 0.444 e. The van der Waals surface area contributed by atoms with Gasteiger partial charge in [-0.3, -0.25) is 14.8 Å². The molecule has 0 saturated heterocycles. The Labute approximate surface area is 320 Å². The van der Waals surface area contributed by atoms with Crippen molar-refractivity contribution in [3.63, 3.8) is 0 Å². The molecule has 0 aliphatic carbocycles. The second-order valence-electron chi connectivity index (χ2n) is 13.6. The Morgan fingerprint density at radius 1 is 0.811 bits per heavy atom. The molecule has 10 nitrogen and oxygen atoms in total. The lowest BCUT2D eigenvalue weighted by atomic mass is 9.86. The Kier molecular flexibility index (Phi) is 15.1. The van der Waals surface area contributed by atoms with E-state index in [1.165, 1.54) is 11.3 Å². The third kappa shape index (κ3) is 13.2. The van der Waals surface area contributed by atoms with E-state index in [4.69, 9.17) is 4.74 Å². The SMILES string of the molecule is CC(C)c1nc(CN(C)C(=O)NC(Cc2ccncc2)C(=O)CC(CCC(Cc2ccccc2)NC(=O)OCc2cncs2)Cc2ccccc2)cs1. The van der Waals surface area contributed by atoms with Crippen LogP contribution in [0.1, 0.15) is 71.3 Å². The highest BCUT2D eigenvalue weighted by molar-refractivity contribution is 7.09. The molecule has 3 unspecified atom stereocenters. The topological polar surface area (TPSA) is 126 Å². The first-order valence-corrected chi connectivity index (χ1v) is 19.7. The lowest BCUT2D eigenvalue weighted by Crippen LogP contribution is -2.48. The van der Waals surface area contributed by atoms with Crippen molar-refractivity contribution in [3.05, 3.63) is 135 Å². The summed E-state index contributed by atoms with van der Waals surface area (Å²) in [5.41, 5.74) is 5.66. The van der Waals surface area contributed by atoms with Gasteiger partial charge in [-0.05, 0) is 66.8 Å². The molecule has 5 rings (SSSR count). The Bertz CT molecular complexity index is 1840. The van der Waals surface area contributed by atoms with Crippen LogP contribution in [-0.4, -0.2) is 56.9 Å². The number of carbonyl (C=O) groups is 3. The van der Waals surface area contributed by atoms with Crippen molar-refractivity contribution in [2.24, 2.45) is 5.92 Å². The van der Waals surface area contributed by atoms with Crippen molar-refractivity contribution in [2.45, 2.75) is 83.5 Å². The van der Waals surface area contributed by atoms with Crippen LogP contribution in [0.25, 0.3) is 0 Å². The molecule has 278 valence electrons. The lowest BCUT2D eigenvalue weighted by molar-refractivity contribution is -0.121. The maximum atomic E-state index is 14.3. The molecular weight excluding hydrogens is 705 g/mol. The number of aromatic nitrogens is 3. The zero-order valence-electron chi connectivity index (χ0n) is 30.5. The summed E-state index contributed by atoms with van der Waals surface area (Å²) in [7, 11) is 1.72. The number of urea groups is 1. The van der Waals surface area contributed by atoms with Gasteiger partial charge in [0.2, 0.25) is 0 Å². The molecule has 5 aromatic rings.